The second-order valence-corrected chi connectivity index (χ2v) is 5.19. The lowest BCUT2D eigenvalue weighted by Crippen LogP contribution is -2.33. The zero-order chi connectivity index (χ0) is 12.0. The maximum atomic E-state index is 12.2. The normalized spacial score (nSPS) is 38.8. The van der Waals surface area contributed by atoms with E-state index in [2.05, 4.69) is 12.2 Å². The summed E-state index contributed by atoms with van der Waals surface area (Å²) in [5, 5.41) is 0. The zero-order valence-electron chi connectivity index (χ0n) is 10.0. The molecule has 0 N–H and O–H groups in total. The maximum absolute atomic E-state index is 12.2. The van der Waals surface area contributed by atoms with Gasteiger partial charge in [-0.2, -0.15) is 0 Å². The number of nitrogens with zero attached hydrogens (tertiary/aromatic N) is 1. The van der Waals surface area contributed by atoms with Crippen LogP contribution in [-0.4, -0.2) is 23.3 Å². The molecule has 2 amide bonds. The fraction of sp³-hybridized carbons (Fsp3) is 0.571. The molecule has 1 saturated heterocycles. The van der Waals surface area contributed by atoms with Gasteiger partial charge in [0.2, 0.25) is 11.8 Å². The lowest BCUT2D eigenvalue weighted by molar-refractivity contribution is -0.140. The summed E-state index contributed by atoms with van der Waals surface area (Å²) in [4.78, 5) is 25.9. The van der Waals surface area contributed by atoms with Crippen molar-refractivity contribution < 1.29 is 9.59 Å². The van der Waals surface area contributed by atoms with Gasteiger partial charge in [-0.3, -0.25) is 14.5 Å². The number of amides is 2. The number of carbonyl (C=O) groups is 2. The highest BCUT2D eigenvalue weighted by atomic mass is 16.2. The molecule has 4 unspecified atom stereocenters. The molecule has 17 heavy (non-hydrogen) atoms. The highest BCUT2D eigenvalue weighted by molar-refractivity contribution is 6.06. The molecule has 1 heterocycles. The van der Waals surface area contributed by atoms with E-state index in [4.69, 9.17) is 0 Å². The molecule has 90 valence electrons. The number of hydrogen-bond acceptors (Lipinski definition) is 2. The fourth-order valence-corrected chi connectivity index (χ4v) is 3.55. The Morgan fingerprint density at radius 3 is 2.35 bits per heavy atom. The highest BCUT2D eigenvalue weighted by Crippen LogP contribution is 2.52. The summed E-state index contributed by atoms with van der Waals surface area (Å²) in [6.07, 6.45) is 10.0. The number of hydrogen-bond donors (Lipinski definition) is 0. The summed E-state index contributed by atoms with van der Waals surface area (Å²) in [7, 11) is 0. The summed E-state index contributed by atoms with van der Waals surface area (Å²) in [6.45, 7) is 2.50. The Morgan fingerprint density at radius 2 is 1.82 bits per heavy atom. The number of imide groups is 1. The molecule has 0 aromatic rings. The van der Waals surface area contributed by atoms with Crippen LogP contribution in [0.1, 0.15) is 19.8 Å². The topological polar surface area (TPSA) is 37.4 Å². The minimum absolute atomic E-state index is 0.0388. The third-order valence-corrected chi connectivity index (χ3v) is 4.32. The van der Waals surface area contributed by atoms with E-state index in [1.54, 1.807) is 0 Å². The van der Waals surface area contributed by atoms with Crippen molar-refractivity contribution in [1.29, 1.82) is 0 Å². The van der Waals surface area contributed by atoms with Crippen LogP contribution in [0.2, 0.25) is 0 Å². The highest BCUT2D eigenvalue weighted by Gasteiger charge is 2.58. The molecule has 3 rings (SSSR count). The van der Waals surface area contributed by atoms with E-state index < -0.39 is 0 Å². The molecule has 0 spiro atoms. The number of rotatable bonds is 3. The Labute approximate surface area is 101 Å². The first-order valence-electron chi connectivity index (χ1n) is 6.38. The molecule has 3 nitrogen and oxygen atoms in total. The third-order valence-electron chi connectivity index (χ3n) is 4.32. The predicted octanol–water partition coefficient (Wildman–Crippen LogP) is 1.76. The Kier molecular flexibility index (Phi) is 2.42. The van der Waals surface area contributed by atoms with Crippen molar-refractivity contribution in [3.63, 3.8) is 0 Å². The smallest absolute Gasteiger partial charge is 0.233 e. The largest absolute Gasteiger partial charge is 0.282 e. The van der Waals surface area contributed by atoms with Crippen molar-refractivity contribution >= 4 is 11.8 Å². The molecule has 1 saturated carbocycles. The maximum Gasteiger partial charge on any atom is 0.233 e. The van der Waals surface area contributed by atoms with Crippen LogP contribution in [0.15, 0.2) is 24.3 Å². The van der Waals surface area contributed by atoms with Crippen LogP contribution in [0, 0.1) is 23.7 Å². The van der Waals surface area contributed by atoms with Gasteiger partial charge in [-0.05, 0) is 31.6 Å². The monoisotopic (exact) mass is 231 g/mol. The van der Waals surface area contributed by atoms with Crippen molar-refractivity contribution in [3.05, 3.63) is 24.3 Å². The Bertz CT molecular complexity index is 394. The van der Waals surface area contributed by atoms with E-state index in [0.29, 0.717) is 18.4 Å². The van der Waals surface area contributed by atoms with E-state index >= 15 is 0 Å². The lowest BCUT2D eigenvalue weighted by atomic mass is 9.85. The second kappa shape index (κ2) is 3.83. The standard InChI is InChI=1S/C14H17NO2/c1-2-3-4-7-15-13(16)11-9-5-6-10(8-9)12(11)14(15)17/h2-3,5-6,9-12H,4,7-8H2,1H3. The molecule has 0 aromatic carbocycles. The van der Waals surface area contributed by atoms with Crippen LogP contribution >= 0.6 is 0 Å². The molecule has 3 heteroatoms. The summed E-state index contributed by atoms with van der Waals surface area (Å²) in [5.74, 6) is 0.718. The van der Waals surface area contributed by atoms with Crippen molar-refractivity contribution in [2.24, 2.45) is 23.7 Å². The summed E-state index contributed by atoms with van der Waals surface area (Å²) in [5.41, 5.74) is 0. The molecule has 2 bridgehead atoms. The van der Waals surface area contributed by atoms with Gasteiger partial charge in [-0.1, -0.05) is 24.3 Å². The second-order valence-electron chi connectivity index (χ2n) is 5.19. The first-order chi connectivity index (χ1) is 8.24. The van der Waals surface area contributed by atoms with Crippen molar-refractivity contribution in [2.45, 2.75) is 19.8 Å². The van der Waals surface area contributed by atoms with E-state index in [-0.39, 0.29) is 23.7 Å². The van der Waals surface area contributed by atoms with Crippen LogP contribution in [0.5, 0.6) is 0 Å². The minimum atomic E-state index is -0.0388. The molecule has 0 radical (unpaired) electrons. The van der Waals surface area contributed by atoms with E-state index in [9.17, 15) is 9.59 Å². The zero-order valence-corrected chi connectivity index (χ0v) is 10.0. The van der Waals surface area contributed by atoms with E-state index in [1.165, 1.54) is 4.90 Å². The molecule has 1 aliphatic heterocycles. The van der Waals surface area contributed by atoms with Gasteiger partial charge in [0, 0.05) is 6.54 Å². The Morgan fingerprint density at radius 1 is 1.24 bits per heavy atom. The molecule has 0 aromatic heterocycles. The van der Waals surface area contributed by atoms with Gasteiger partial charge >= 0.3 is 0 Å². The van der Waals surface area contributed by atoms with Crippen molar-refractivity contribution in [3.8, 4) is 0 Å². The third kappa shape index (κ3) is 1.41. The SMILES string of the molecule is CC=CCCN1C(=O)C2C3C=CC(C3)C2C1=O. The molecule has 2 fully saturated rings. The predicted molar refractivity (Wildman–Crippen MR) is 63.9 cm³/mol. The van der Waals surface area contributed by atoms with Crippen molar-refractivity contribution in [2.75, 3.05) is 6.54 Å². The average molecular weight is 231 g/mol. The molecule has 3 aliphatic rings. The Balaban J connectivity index is 1.78. The van der Waals surface area contributed by atoms with Crippen LogP contribution in [0.25, 0.3) is 0 Å². The number of likely N-dealkylation sites (tertiary alicyclic amines) is 1. The molecule has 4 atom stereocenters. The lowest BCUT2D eigenvalue weighted by Gasteiger charge is -2.15. The quantitative estimate of drug-likeness (QED) is 0.548. The van der Waals surface area contributed by atoms with Crippen LogP contribution in [-0.2, 0) is 9.59 Å². The first kappa shape index (κ1) is 10.8. The number of allylic oxidation sites excluding steroid dienone is 3. The summed E-state index contributed by atoms with van der Waals surface area (Å²) < 4.78 is 0. The van der Waals surface area contributed by atoms with Gasteiger partial charge in [-0.25, -0.2) is 0 Å². The van der Waals surface area contributed by atoms with E-state index in [1.807, 2.05) is 19.1 Å². The van der Waals surface area contributed by atoms with E-state index in [0.717, 1.165) is 12.8 Å². The summed E-state index contributed by atoms with van der Waals surface area (Å²) >= 11 is 0. The Hall–Kier alpha value is -1.38. The minimum Gasteiger partial charge on any atom is -0.282 e. The fourth-order valence-electron chi connectivity index (χ4n) is 3.55. The number of carbonyl (C=O) groups excluding carboxylic acids is 2. The molecular weight excluding hydrogens is 214 g/mol. The summed E-state index contributed by atoms with van der Waals surface area (Å²) in [6, 6.07) is 0. The molecule has 2 aliphatic carbocycles. The average Bonchev–Trinajstić information content (AvgIpc) is 2.97. The van der Waals surface area contributed by atoms with Gasteiger partial charge in [-0.15, -0.1) is 0 Å². The molecular formula is C14H17NO2. The van der Waals surface area contributed by atoms with Gasteiger partial charge in [0.05, 0.1) is 11.8 Å². The number of fused-ring (bicyclic) bond motifs is 5. The first-order valence-corrected chi connectivity index (χ1v) is 6.38. The van der Waals surface area contributed by atoms with Gasteiger partial charge in [0.15, 0.2) is 0 Å². The van der Waals surface area contributed by atoms with Crippen molar-refractivity contribution in [1.82, 2.24) is 4.90 Å². The van der Waals surface area contributed by atoms with Crippen LogP contribution in [0.3, 0.4) is 0 Å². The van der Waals surface area contributed by atoms with Gasteiger partial charge in [0.1, 0.15) is 0 Å². The van der Waals surface area contributed by atoms with Gasteiger partial charge in [0.25, 0.3) is 0 Å². The van der Waals surface area contributed by atoms with Gasteiger partial charge < -0.3 is 0 Å². The van der Waals surface area contributed by atoms with Crippen LogP contribution < -0.4 is 0 Å². The van der Waals surface area contributed by atoms with Crippen LogP contribution in [0.4, 0.5) is 0 Å².